The van der Waals surface area contributed by atoms with Crippen molar-refractivity contribution in [1.82, 2.24) is 14.6 Å². The minimum Gasteiger partial charge on any atom is -0.297 e. The Morgan fingerprint density at radius 1 is 1.50 bits per heavy atom. The van der Waals surface area contributed by atoms with Gasteiger partial charge in [-0.05, 0) is 20.0 Å². The van der Waals surface area contributed by atoms with Crippen molar-refractivity contribution in [1.29, 1.82) is 0 Å². The Kier molecular flexibility index (Phi) is 4.53. The summed E-state index contributed by atoms with van der Waals surface area (Å²) in [6, 6.07) is 0. The lowest BCUT2D eigenvalue weighted by atomic mass is 9.98. The molecule has 0 spiro atoms. The van der Waals surface area contributed by atoms with Crippen molar-refractivity contribution >= 4 is 21.4 Å². The van der Waals surface area contributed by atoms with Crippen LogP contribution in [0.1, 0.15) is 37.1 Å². The summed E-state index contributed by atoms with van der Waals surface area (Å²) >= 11 is 1.72. The second kappa shape index (κ2) is 5.71. The number of nitrogens with one attached hydrogen (secondary N) is 1. The third-order valence-electron chi connectivity index (χ3n) is 3.53. The highest BCUT2D eigenvalue weighted by atomic mass is 32.2. The van der Waals surface area contributed by atoms with E-state index in [0.29, 0.717) is 13.0 Å². The molecular formula is C13H23N3O2S2. The van der Waals surface area contributed by atoms with Crippen LogP contribution >= 0.6 is 11.3 Å². The molecule has 1 saturated heterocycles. The van der Waals surface area contributed by atoms with Crippen LogP contribution < -0.4 is 4.72 Å². The molecule has 0 unspecified atom stereocenters. The molecule has 0 saturated carbocycles. The Balaban J connectivity index is 1.98. The summed E-state index contributed by atoms with van der Waals surface area (Å²) in [5.41, 5.74) is 0.0753. The lowest BCUT2D eigenvalue weighted by Crippen LogP contribution is -2.34. The Morgan fingerprint density at radius 2 is 2.20 bits per heavy atom. The molecule has 20 heavy (non-hydrogen) atoms. The first-order valence-corrected chi connectivity index (χ1v) is 9.18. The highest BCUT2D eigenvalue weighted by molar-refractivity contribution is 7.90. The summed E-state index contributed by atoms with van der Waals surface area (Å²) in [7, 11) is -1.66. The molecule has 7 heteroatoms. The van der Waals surface area contributed by atoms with E-state index in [9.17, 15) is 8.42 Å². The van der Waals surface area contributed by atoms with Gasteiger partial charge in [-0.1, -0.05) is 20.8 Å². The van der Waals surface area contributed by atoms with Crippen molar-refractivity contribution in [3.63, 3.8) is 0 Å². The third kappa shape index (κ3) is 3.58. The maximum absolute atomic E-state index is 11.8. The molecule has 1 aromatic heterocycles. The molecule has 114 valence electrons. The Bertz CT molecular complexity index is 560. The zero-order chi connectivity index (χ0) is 15.0. The van der Waals surface area contributed by atoms with Gasteiger partial charge in [0.15, 0.2) is 0 Å². The molecule has 2 rings (SSSR count). The average molecular weight is 317 g/mol. The molecule has 1 atom stereocenters. The molecule has 2 heterocycles. The molecule has 1 aromatic rings. The summed E-state index contributed by atoms with van der Waals surface area (Å²) in [6.45, 7) is 8.69. The van der Waals surface area contributed by atoms with Gasteiger partial charge in [0.2, 0.25) is 10.0 Å². The topological polar surface area (TPSA) is 62.3 Å². The summed E-state index contributed by atoms with van der Waals surface area (Å²) in [5, 5.41) is 0.841. The van der Waals surface area contributed by atoms with Gasteiger partial charge in [-0.15, -0.1) is 11.3 Å². The summed E-state index contributed by atoms with van der Waals surface area (Å²) in [5.74, 6) is 0. The fourth-order valence-electron chi connectivity index (χ4n) is 2.31. The lowest BCUT2D eigenvalue weighted by molar-refractivity contribution is 0.334. The third-order valence-corrected chi connectivity index (χ3v) is 6.77. The van der Waals surface area contributed by atoms with Crippen molar-refractivity contribution in [2.45, 2.75) is 44.4 Å². The van der Waals surface area contributed by atoms with E-state index in [2.05, 4.69) is 35.4 Å². The van der Waals surface area contributed by atoms with Crippen LogP contribution in [0.4, 0.5) is 0 Å². The van der Waals surface area contributed by atoms with Crippen LogP contribution in [-0.2, 0) is 22.0 Å². The van der Waals surface area contributed by atoms with E-state index in [1.165, 1.54) is 11.9 Å². The molecule has 0 radical (unpaired) electrons. The monoisotopic (exact) mass is 317 g/mol. The van der Waals surface area contributed by atoms with E-state index in [4.69, 9.17) is 0 Å². The van der Waals surface area contributed by atoms with Gasteiger partial charge in [0.05, 0.1) is 10.3 Å². The molecule has 0 aliphatic carbocycles. The number of thiazole rings is 1. The van der Waals surface area contributed by atoms with Crippen molar-refractivity contribution in [3.8, 4) is 0 Å². The molecule has 1 aliphatic rings. The van der Waals surface area contributed by atoms with Crippen molar-refractivity contribution in [2.24, 2.45) is 0 Å². The first kappa shape index (κ1) is 15.9. The number of nitrogens with zero attached hydrogens (tertiary/aromatic N) is 2. The number of hydrogen-bond acceptors (Lipinski definition) is 5. The highest BCUT2D eigenvalue weighted by Gasteiger charge is 2.32. The molecule has 0 aromatic carbocycles. The quantitative estimate of drug-likeness (QED) is 0.915. The van der Waals surface area contributed by atoms with E-state index in [1.807, 2.05) is 6.20 Å². The fraction of sp³-hybridized carbons (Fsp3) is 0.769. The lowest BCUT2D eigenvalue weighted by Gasteiger charge is -2.15. The van der Waals surface area contributed by atoms with Gasteiger partial charge >= 0.3 is 0 Å². The van der Waals surface area contributed by atoms with Gasteiger partial charge in [0.1, 0.15) is 0 Å². The second-order valence-electron chi connectivity index (χ2n) is 6.28. The van der Waals surface area contributed by atoms with Crippen LogP contribution in [0.2, 0.25) is 0 Å². The number of likely N-dealkylation sites (tertiary alicyclic amines) is 1. The largest absolute Gasteiger partial charge is 0.297 e. The minimum absolute atomic E-state index is 0.0753. The standard InChI is InChI=1S/C13H23N3O2S2/c1-13(2,3)12-15-7-10(19-12)8-16-6-5-11(9-16)20(17,18)14-4/h7,11,14H,5-6,8-9H2,1-4H3/t11-/m0/s1. The zero-order valence-electron chi connectivity index (χ0n) is 12.5. The van der Waals surface area contributed by atoms with Crippen LogP contribution in [0.15, 0.2) is 6.20 Å². The molecule has 5 nitrogen and oxygen atoms in total. The summed E-state index contributed by atoms with van der Waals surface area (Å²) in [4.78, 5) is 7.87. The predicted octanol–water partition coefficient (Wildman–Crippen LogP) is 1.56. The summed E-state index contributed by atoms with van der Waals surface area (Å²) < 4.78 is 26.0. The Morgan fingerprint density at radius 3 is 2.75 bits per heavy atom. The van der Waals surface area contributed by atoms with Crippen molar-refractivity contribution in [2.75, 3.05) is 20.1 Å². The fourth-order valence-corrected chi connectivity index (χ4v) is 4.48. The number of sulfonamides is 1. The predicted molar refractivity (Wildman–Crippen MR) is 82.5 cm³/mol. The van der Waals surface area contributed by atoms with E-state index in [1.54, 1.807) is 11.3 Å². The normalized spacial score (nSPS) is 21.5. The van der Waals surface area contributed by atoms with Gasteiger partial charge in [0, 0.05) is 29.6 Å². The maximum Gasteiger partial charge on any atom is 0.215 e. The molecule has 1 aliphatic heterocycles. The summed E-state index contributed by atoms with van der Waals surface area (Å²) in [6.07, 6.45) is 2.62. The maximum atomic E-state index is 11.8. The Hall–Kier alpha value is -0.500. The number of rotatable bonds is 4. The highest BCUT2D eigenvalue weighted by Crippen LogP contribution is 2.28. The number of hydrogen-bond donors (Lipinski definition) is 1. The molecule has 1 N–H and O–H groups in total. The minimum atomic E-state index is -3.15. The zero-order valence-corrected chi connectivity index (χ0v) is 14.1. The van der Waals surface area contributed by atoms with Crippen LogP contribution in [0.3, 0.4) is 0 Å². The molecular weight excluding hydrogens is 294 g/mol. The second-order valence-corrected chi connectivity index (χ2v) is 9.56. The first-order chi connectivity index (χ1) is 9.22. The van der Waals surface area contributed by atoms with Crippen molar-refractivity contribution in [3.05, 3.63) is 16.1 Å². The van der Waals surface area contributed by atoms with Gasteiger partial charge in [-0.2, -0.15) is 0 Å². The van der Waals surface area contributed by atoms with E-state index >= 15 is 0 Å². The average Bonchev–Trinajstić information content (AvgIpc) is 2.98. The molecule has 0 amide bonds. The SMILES string of the molecule is CNS(=O)(=O)[C@H]1CCN(Cc2cnc(C(C)(C)C)s2)C1. The van der Waals surface area contributed by atoms with Crippen LogP contribution in [0.25, 0.3) is 0 Å². The van der Waals surface area contributed by atoms with Crippen LogP contribution in [0.5, 0.6) is 0 Å². The Labute approximate surface area is 125 Å². The van der Waals surface area contributed by atoms with E-state index < -0.39 is 10.0 Å². The smallest absolute Gasteiger partial charge is 0.215 e. The number of aromatic nitrogens is 1. The van der Waals surface area contributed by atoms with E-state index in [0.717, 1.165) is 18.1 Å². The van der Waals surface area contributed by atoms with Crippen LogP contribution in [-0.4, -0.2) is 43.7 Å². The van der Waals surface area contributed by atoms with E-state index in [-0.39, 0.29) is 10.7 Å². The first-order valence-electron chi connectivity index (χ1n) is 6.82. The van der Waals surface area contributed by atoms with Gasteiger partial charge in [-0.25, -0.2) is 18.1 Å². The van der Waals surface area contributed by atoms with Gasteiger partial charge in [0.25, 0.3) is 0 Å². The molecule has 1 fully saturated rings. The molecule has 0 bridgehead atoms. The van der Waals surface area contributed by atoms with Crippen LogP contribution in [0, 0.1) is 0 Å². The van der Waals surface area contributed by atoms with Gasteiger partial charge < -0.3 is 0 Å². The van der Waals surface area contributed by atoms with Gasteiger partial charge in [-0.3, -0.25) is 4.90 Å². The van der Waals surface area contributed by atoms with Crippen molar-refractivity contribution < 1.29 is 8.42 Å².